The van der Waals surface area contributed by atoms with E-state index in [4.69, 9.17) is 4.74 Å². The predicted molar refractivity (Wildman–Crippen MR) is 103 cm³/mol. The summed E-state index contributed by atoms with van der Waals surface area (Å²) in [5.74, 6) is -1.51. The van der Waals surface area contributed by atoms with Crippen LogP contribution in [0.5, 0.6) is 0 Å². The van der Waals surface area contributed by atoms with Crippen molar-refractivity contribution in [2.45, 2.75) is 19.4 Å². The molecule has 2 aromatic rings. The minimum Gasteiger partial charge on any atom is -0.378 e. The smallest absolute Gasteiger partial charge is 0.293 e. The topological polar surface area (TPSA) is 84.7 Å². The van der Waals surface area contributed by atoms with E-state index >= 15 is 0 Å². The van der Waals surface area contributed by atoms with E-state index in [0.29, 0.717) is 32.7 Å². The minimum atomic E-state index is -0.676. The number of rotatable bonds is 6. The Morgan fingerprint density at radius 3 is 2.62 bits per heavy atom. The second-order valence-corrected chi connectivity index (χ2v) is 6.66. The number of ether oxygens (including phenoxy) is 1. The molecule has 1 saturated heterocycles. The molecule has 0 bridgehead atoms. The molecular formula is C20H21F2N3O4. The number of amides is 1. The number of hydrogen-bond acceptors (Lipinski definition) is 5. The van der Waals surface area contributed by atoms with Crippen LogP contribution in [-0.2, 0) is 4.74 Å². The third-order valence-electron chi connectivity index (χ3n) is 4.81. The highest BCUT2D eigenvalue weighted by Crippen LogP contribution is 2.32. The summed E-state index contributed by atoms with van der Waals surface area (Å²) in [6.07, 6.45) is 0.367. The standard InChI is InChI=1S/C20H21F2N3O4/c1-2-17(15-12-14(21)4-5-16(15)22)23-18-6-3-13(11-19(18)25(27)28)20(26)24-7-9-29-10-8-24/h3-6,11-12,17,23H,2,7-10H2,1H3. The van der Waals surface area contributed by atoms with Gasteiger partial charge in [-0.15, -0.1) is 0 Å². The molecule has 0 radical (unpaired) electrons. The lowest BCUT2D eigenvalue weighted by Gasteiger charge is -2.27. The highest BCUT2D eigenvalue weighted by atomic mass is 19.1. The van der Waals surface area contributed by atoms with Gasteiger partial charge in [-0.25, -0.2) is 8.78 Å². The monoisotopic (exact) mass is 405 g/mol. The van der Waals surface area contributed by atoms with E-state index in [1.54, 1.807) is 11.8 Å². The Kier molecular flexibility index (Phi) is 6.38. The first-order valence-corrected chi connectivity index (χ1v) is 9.27. The van der Waals surface area contributed by atoms with Crippen molar-refractivity contribution in [3.05, 3.63) is 69.3 Å². The summed E-state index contributed by atoms with van der Waals surface area (Å²) < 4.78 is 32.9. The zero-order valence-corrected chi connectivity index (χ0v) is 15.9. The summed E-state index contributed by atoms with van der Waals surface area (Å²) >= 11 is 0. The number of anilines is 1. The quantitative estimate of drug-likeness (QED) is 0.582. The molecule has 1 heterocycles. The van der Waals surface area contributed by atoms with E-state index in [1.807, 2.05) is 0 Å². The van der Waals surface area contributed by atoms with Gasteiger partial charge in [0, 0.05) is 30.3 Å². The zero-order valence-electron chi connectivity index (χ0n) is 15.9. The van der Waals surface area contributed by atoms with E-state index in [2.05, 4.69) is 5.32 Å². The molecular weight excluding hydrogens is 384 g/mol. The van der Waals surface area contributed by atoms with Gasteiger partial charge < -0.3 is 15.0 Å². The molecule has 1 fully saturated rings. The van der Waals surface area contributed by atoms with Gasteiger partial charge in [-0.1, -0.05) is 6.92 Å². The van der Waals surface area contributed by atoms with Crippen LogP contribution in [0, 0.1) is 21.7 Å². The SMILES string of the molecule is CCC(Nc1ccc(C(=O)N2CCOCC2)cc1[N+](=O)[O-])c1cc(F)ccc1F. The lowest BCUT2D eigenvalue weighted by atomic mass is 10.0. The molecule has 154 valence electrons. The van der Waals surface area contributed by atoms with Crippen molar-refractivity contribution in [2.75, 3.05) is 31.6 Å². The van der Waals surface area contributed by atoms with Gasteiger partial charge in [-0.2, -0.15) is 0 Å². The molecule has 29 heavy (non-hydrogen) atoms. The fraction of sp³-hybridized carbons (Fsp3) is 0.350. The van der Waals surface area contributed by atoms with E-state index in [-0.39, 0.29) is 28.4 Å². The predicted octanol–water partition coefficient (Wildman–Crippen LogP) is 3.91. The molecule has 0 aromatic heterocycles. The Bertz CT molecular complexity index is 917. The fourth-order valence-electron chi connectivity index (χ4n) is 3.26. The van der Waals surface area contributed by atoms with Crippen LogP contribution in [-0.4, -0.2) is 42.0 Å². The lowest BCUT2D eigenvalue weighted by molar-refractivity contribution is -0.384. The third kappa shape index (κ3) is 4.68. The first kappa shape index (κ1) is 20.7. The molecule has 1 aliphatic heterocycles. The number of carbonyl (C=O) groups excluding carboxylic acids is 1. The van der Waals surface area contributed by atoms with E-state index in [1.165, 1.54) is 18.2 Å². The second kappa shape index (κ2) is 8.95. The van der Waals surface area contributed by atoms with Gasteiger partial charge in [0.05, 0.1) is 24.2 Å². The Hall–Kier alpha value is -3.07. The molecule has 1 amide bonds. The molecule has 0 aliphatic carbocycles. The summed E-state index contributed by atoms with van der Waals surface area (Å²) in [4.78, 5) is 25.2. The van der Waals surface area contributed by atoms with Crippen LogP contribution < -0.4 is 5.32 Å². The van der Waals surface area contributed by atoms with Gasteiger partial charge in [0.15, 0.2) is 0 Å². The molecule has 7 nitrogen and oxygen atoms in total. The Morgan fingerprint density at radius 2 is 1.97 bits per heavy atom. The molecule has 9 heteroatoms. The van der Waals surface area contributed by atoms with Crippen molar-refractivity contribution in [2.24, 2.45) is 0 Å². The maximum atomic E-state index is 14.1. The maximum Gasteiger partial charge on any atom is 0.293 e. The number of benzene rings is 2. The number of halogens is 2. The Morgan fingerprint density at radius 1 is 1.24 bits per heavy atom. The average Bonchev–Trinajstić information content (AvgIpc) is 2.74. The summed E-state index contributed by atoms with van der Waals surface area (Å²) in [6.45, 7) is 3.44. The number of nitrogens with one attached hydrogen (secondary N) is 1. The number of hydrogen-bond donors (Lipinski definition) is 1. The van der Waals surface area contributed by atoms with Crippen LogP contribution in [0.2, 0.25) is 0 Å². The van der Waals surface area contributed by atoms with Gasteiger partial charge in [0.1, 0.15) is 17.3 Å². The first-order valence-electron chi connectivity index (χ1n) is 9.27. The van der Waals surface area contributed by atoms with E-state index < -0.39 is 22.6 Å². The van der Waals surface area contributed by atoms with Crippen molar-refractivity contribution >= 4 is 17.3 Å². The number of morpholine rings is 1. The van der Waals surface area contributed by atoms with Crippen molar-refractivity contribution in [3.8, 4) is 0 Å². The highest BCUT2D eigenvalue weighted by Gasteiger charge is 2.24. The molecule has 1 aliphatic rings. The lowest BCUT2D eigenvalue weighted by Crippen LogP contribution is -2.40. The molecule has 1 unspecified atom stereocenters. The Balaban J connectivity index is 1.89. The maximum absolute atomic E-state index is 14.1. The van der Waals surface area contributed by atoms with Crippen LogP contribution in [0.15, 0.2) is 36.4 Å². The van der Waals surface area contributed by atoms with Gasteiger partial charge in [-0.05, 0) is 36.8 Å². The molecule has 2 aromatic carbocycles. The van der Waals surface area contributed by atoms with Crippen LogP contribution in [0.1, 0.15) is 35.3 Å². The molecule has 3 rings (SSSR count). The molecule has 0 spiro atoms. The van der Waals surface area contributed by atoms with Gasteiger partial charge in [0.25, 0.3) is 11.6 Å². The first-order chi connectivity index (χ1) is 13.9. The molecule has 1 atom stereocenters. The largest absolute Gasteiger partial charge is 0.378 e. The number of nitro groups is 1. The van der Waals surface area contributed by atoms with Gasteiger partial charge in [0.2, 0.25) is 0 Å². The summed E-state index contributed by atoms with van der Waals surface area (Å²) in [7, 11) is 0. The van der Waals surface area contributed by atoms with Crippen molar-refractivity contribution in [3.63, 3.8) is 0 Å². The number of nitrogens with zero attached hydrogens (tertiary/aromatic N) is 2. The van der Waals surface area contributed by atoms with Crippen molar-refractivity contribution in [1.82, 2.24) is 4.90 Å². The fourth-order valence-corrected chi connectivity index (χ4v) is 3.26. The van der Waals surface area contributed by atoms with Crippen molar-refractivity contribution < 1.29 is 23.2 Å². The van der Waals surface area contributed by atoms with Crippen LogP contribution in [0.3, 0.4) is 0 Å². The van der Waals surface area contributed by atoms with Gasteiger partial charge >= 0.3 is 0 Å². The average molecular weight is 405 g/mol. The van der Waals surface area contributed by atoms with E-state index in [9.17, 15) is 23.7 Å². The van der Waals surface area contributed by atoms with E-state index in [0.717, 1.165) is 18.2 Å². The minimum absolute atomic E-state index is 0.0790. The molecule has 1 N–H and O–H groups in total. The zero-order chi connectivity index (χ0) is 21.0. The van der Waals surface area contributed by atoms with Crippen LogP contribution in [0.25, 0.3) is 0 Å². The Labute approximate surface area is 166 Å². The number of nitro benzene ring substituents is 1. The van der Waals surface area contributed by atoms with Gasteiger partial charge in [-0.3, -0.25) is 14.9 Å². The van der Waals surface area contributed by atoms with Crippen molar-refractivity contribution in [1.29, 1.82) is 0 Å². The highest BCUT2D eigenvalue weighted by molar-refractivity contribution is 5.95. The molecule has 0 saturated carbocycles. The summed E-state index contributed by atoms with van der Waals surface area (Å²) in [5.41, 5.74) is 0.0906. The van der Waals surface area contributed by atoms with Crippen LogP contribution >= 0.6 is 0 Å². The second-order valence-electron chi connectivity index (χ2n) is 6.66. The third-order valence-corrected chi connectivity index (χ3v) is 4.81. The summed E-state index contributed by atoms with van der Waals surface area (Å²) in [5, 5.41) is 14.5. The van der Waals surface area contributed by atoms with Crippen LogP contribution in [0.4, 0.5) is 20.2 Å². The summed E-state index contributed by atoms with van der Waals surface area (Å²) in [6, 6.07) is 6.54. The number of carbonyl (C=O) groups is 1. The normalized spacial score (nSPS) is 15.1.